The van der Waals surface area contributed by atoms with E-state index in [2.05, 4.69) is 0 Å². The molecule has 0 radical (unpaired) electrons. The van der Waals surface area contributed by atoms with Gasteiger partial charge in [-0.2, -0.15) is 4.73 Å². The summed E-state index contributed by atoms with van der Waals surface area (Å²) in [7, 11) is 2.71. The summed E-state index contributed by atoms with van der Waals surface area (Å²) in [6, 6.07) is 4.50. The minimum absolute atomic E-state index is 0.0450. The molecule has 1 heterocycles. The molecule has 1 aromatic carbocycles. The first-order valence-electron chi connectivity index (χ1n) is 9.04. The van der Waals surface area contributed by atoms with E-state index in [1.165, 1.54) is 27.2 Å². The van der Waals surface area contributed by atoms with E-state index < -0.39 is 28.6 Å². The summed E-state index contributed by atoms with van der Waals surface area (Å²) in [5.74, 6) is -1.93. The maximum absolute atomic E-state index is 13.6. The first kappa shape index (κ1) is 20.9. The van der Waals surface area contributed by atoms with Crippen molar-refractivity contribution in [3.8, 4) is 17.2 Å². The number of pyridine rings is 1. The van der Waals surface area contributed by atoms with E-state index in [-0.39, 0.29) is 34.1 Å². The van der Waals surface area contributed by atoms with Crippen molar-refractivity contribution in [2.24, 2.45) is 11.3 Å². The van der Waals surface area contributed by atoms with Crippen LogP contribution in [0.3, 0.4) is 0 Å². The number of halogens is 1. The molecular formula is C21H22ClNO6. The first-order valence-corrected chi connectivity index (χ1v) is 9.42. The number of nitrogens with zero attached hydrogens (tertiary/aromatic N) is 1. The number of aromatic hydroxyl groups is 1. The average molecular weight is 420 g/mol. The third kappa shape index (κ3) is 2.92. The van der Waals surface area contributed by atoms with E-state index in [0.717, 1.165) is 4.73 Å². The Labute approximate surface area is 173 Å². The van der Waals surface area contributed by atoms with Crippen LogP contribution in [0, 0.1) is 23.5 Å². The zero-order valence-corrected chi connectivity index (χ0v) is 17.6. The van der Waals surface area contributed by atoms with Crippen LogP contribution in [0.5, 0.6) is 17.2 Å². The zero-order chi connectivity index (χ0) is 21.7. The summed E-state index contributed by atoms with van der Waals surface area (Å²) in [5, 5.41) is 22.9. The minimum Gasteiger partial charge on any atom is -0.618 e. The number of ether oxygens (including phenoxy) is 2. The number of carbonyl (C=O) groups excluding carboxylic acids is 2. The van der Waals surface area contributed by atoms with Gasteiger partial charge in [-0.1, -0.05) is 18.5 Å². The van der Waals surface area contributed by atoms with E-state index in [1.807, 2.05) is 0 Å². The second-order valence-corrected chi connectivity index (χ2v) is 7.79. The molecule has 0 aliphatic heterocycles. The van der Waals surface area contributed by atoms with Crippen LogP contribution in [0.15, 0.2) is 18.2 Å². The molecule has 7 nitrogen and oxygen atoms in total. The SMILES string of the molecule is COc1cc(OC)c(C(=O)C2(C)C(=O)c3ccc(C)[n+]([O-])c3CC2C)c(O)c1Cl. The third-order valence-corrected chi connectivity index (χ3v) is 6.24. The molecule has 1 aliphatic carbocycles. The highest BCUT2D eigenvalue weighted by molar-refractivity contribution is 6.35. The fraction of sp³-hybridized carbons (Fsp3) is 0.381. The van der Waals surface area contributed by atoms with Gasteiger partial charge in [0.15, 0.2) is 23.0 Å². The topological polar surface area (TPSA) is 99.8 Å². The Morgan fingerprint density at radius 2 is 1.93 bits per heavy atom. The average Bonchev–Trinajstić information content (AvgIpc) is 2.70. The van der Waals surface area contributed by atoms with E-state index in [1.54, 1.807) is 26.0 Å². The fourth-order valence-electron chi connectivity index (χ4n) is 3.80. The number of rotatable bonds is 4. The van der Waals surface area contributed by atoms with Gasteiger partial charge in [0.1, 0.15) is 22.1 Å². The van der Waals surface area contributed by atoms with Crippen LogP contribution in [0.4, 0.5) is 0 Å². The van der Waals surface area contributed by atoms with Crippen molar-refractivity contribution in [2.75, 3.05) is 14.2 Å². The summed E-state index contributed by atoms with van der Waals surface area (Å²) in [6.07, 6.45) is 0.238. The molecule has 0 saturated heterocycles. The number of phenolic OH excluding ortho intramolecular Hbond substituents is 1. The molecule has 1 N–H and O–H groups in total. The predicted molar refractivity (Wildman–Crippen MR) is 106 cm³/mol. The summed E-state index contributed by atoms with van der Waals surface area (Å²) in [6.45, 7) is 4.91. The molecule has 2 atom stereocenters. The van der Waals surface area contributed by atoms with Crippen molar-refractivity contribution < 1.29 is 28.9 Å². The fourth-order valence-corrected chi connectivity index (χ4v) is 4.03. The van der Waals surface area contributed by atoms with Gasteiger partial charge >= 0.3 is 0 Å². The smallest absolute Gasteiger partial charge is 0.204 e. The van der Waals surface area contributed by atoms with Gasteiger partial charge in [0, 0.05) is 25.5 Å². The third-order valence-electron chi connectivity index (χ3n) is 5.88. The lowest BCUT2D eigenvalue weighted by molar-refractivity contribution is -0.621. The monoisotopic (exact) mass is 419 g/mol. The number of hydrogen-bond acceptors (Lipinski definition) is 6. The highest BCUT2D eigenvalue weighted by atomic mass is 35.5. The van der Waals surface area contributed by atoms with Crippen LogP contribution in [0.1, 0.15) is 46.0 Å². The number of benzene rings is 1. The van der Waals surface area contributed by atoms with Crippen molar-refractivity contribution in [2.45, 2.75) is 27.2 Å². The van der Waals surface area contributed by atoms with Gasteiger partial charge in [-0.05, 0) is 18.9 Å². The highest BCUT2D eigenvalue weighted by Crippen LogP contribution is 2.48. The number of phenols is 1. The Balaban J connectivity index is 2.20. The Morgan fingerprint density at radius 1 is 1.31 bits per heavy atom. The molecule has 0 fully saturated rings. The van der Waals surface area contributed by atoms with Crippen LogP contribution in [-0.2, 0) is 6.42 Å². The standard InChI is InChI=1S/C21H22ClNO6/c1-10-8-13-12(7-6-11(2)23(13)27)19(25)21(10,3)20(26)16-14(28-4)9-15(29-5)17(22)18(16)24/h6-7,9-10,24H,8H2,1-5H3. The molecule has 0 bridgehead atoms. The van der Waals surface area contributed by atoms with Gasteiger partial charge in [-0.25, -0.2) is 0 Å². The lowest BCUT2D eigenvalue weighted by atomic mass is 9.62. The minimum atomic E-state index is -1.52. The Kier molecular flexibility index (Phi) is 5.21. The van der Waals surface area contributed by atoms with E-state index in [9.17, 15) is 19.9 Å². The molecule has 3 rings (SSSR count). The van der Waals surface area contributed by atoms with Crippen molar-refractivity contribution in [1.82, 2.24) is 0 Å². The summed E-state index contributed by atoms with van der Waals surface area (Å²) >= 11 is 6.14. The number of fused-ring (bicyclic) bond motifs is 1. The molecule has 29 heavy (non-hydrogen) atoms. The molecule has 0 amide bonds. The van der Waals surface area contributed by atoms with Crippen molar-refractivity contribution in [1.29, 1.82) is 0 Å². The summed E-state index contributed by atoms with van der Waals surface area (Å²) in [4.78, 5) is 27.0. The number of hydrogen-bond donors (Lipinski definition) is 1. The quantitative estimate of drug-likeness (QED) is 0.353. The van der Waals surface area contributed by atoms with Gasteiger partial charge in [-0.15, -0.1) is 0 Å². The summed E-state index contributed by atoms with van der Waals surface area (Å²) in [5.41, 5.74) is -0.682. The molecule has 0 saturated carbocycles. The van der Waals surface area contributed by atoms with Gasteiger partial charge < -0.3 is 19.8 Å². The molecule has 1 aromatic heterocycles. The number of ketones is 2. The number of methoxy groups -OCH3 is 2. The van der Waals surface area contributed by atoms with Crippen molar-refractivity contribution >= 4 is 23.2 Å². The van der Waals surface area contributed by atoms with Crippen LogP contribution >= 0.6 is 11.6 Å². The van der Waals surface area contributed by atoms with E-state index in [0.29, 0.717) is 11.4 Å². The Hall–Kier alpha value is -2.80. The van der Waals surface area contributed by atoms with Gasteiger partial charge in [-0.3, -0.25) is 9.59 Å². The van der Waals surface area contributed by atoms with Gasteiger partial charge in [0.2, 0.25) is 5.69 Å². The maximum atomic E-state index is 13.6. The normalized spacial score (nSPS) is 20.9. The molecule has 0 spiro atoms. The van der Waals surface area contributed by atoms with Gasteiger partial charge in [0.25, 0.3) is 0 Å². The zero-order valence-electron chi connectivity index (χ0n) is 16.8. The van der Waals surface area contributed by atoms with Crippen molar-refractivity contribution in [3.63, 3.8) is 0 Å². The lowest BCUT2D eigenvalue weighted by Crippen LogP contribution is -2.51. The van der Waals surface area contributed by atoms with Crippen LogP contribution in [0.2, 0.25) is 5.02 Å². The molecule has 2 aromatic rings. The Bertz CT molecular complexity index is 1030. The molecule has 8 heteroatoms. The second kappa shape index (κ2) is 7.22. The number of aromatic nitrogens is 1. The number of aryl methyl sites for hydroxylation is 1. The highest BCUT2D eigenvalue weighted by Gasteiger charge is 2.53. The van der Waals surface area contributed by atoms with E-state index in [4.69, 9.17) is 21.1 Å². The first-order chi connectivity index (χ1) is 13.6. The molecule has 1 aliphatic rings. The maximum Gasteiger partial charge on any atom is 0.204 e. The molecule has 2 unspecified atom stereocenters. The Morgan fingerprint density at radius 3 is 2.52 bits per heavy atom. The largest absolute Gasteiger partial charge is 0.618 e. The molecular weight excluding hydrogens is 398 g/mol. The van der Waals surface area contributed by atoms with Crippen molar-refractivity contribution in [3.05, 3.63) is 50.9 Å². The predicted octanol–water partition coefficient (Wildman–Crippen LogP) is 3.27. The van der Waals surface area contributed by atoms with E-state index >= 15 is 0 Å². The number of carbonyl (C=O) groups is 2. The lowest BCUT2D eigenvalue weighted by Gasteiger charge is -2.37. The summed E-state index contributed by atoms with van der Waals surface area (Å²) < 4.78 is 11.1. The number of Topliss-reactive ketones (excluding diaryl/α,β-unsaturated/α-hetero) is 2. The van der Waals surface area contributed by atoms with Crippen LogP contribution in [0.25, 0.3) is 0 Å². The van der Waals surface area contributed by atoms with Crippen LogP contribution in [-0.4, -0.2) is 30.9 Å². The van der Waals surface area contributed by atoms with Crippen LogP contribution < -0.4 is 14.2 Å². The molecule has 154 valence electrons. The van der Waals surface area contributed by atoms with Gasteiger partial charge in [0.05, 0.1) is 25.2 Å². The second-order valence-electron chi connectivity index (χ2n) is 7.41.